The van der Waals surface area contributed by atoms with Gasteiger partial charge in [-0.15, -0.1) is 0 Å². The molecule has 98 valence electrons. The lowest BCUT2D eigenvalue weighted by Crippen LogP contribution is -1.95. The number of benzene rings is 2. The quantitative estimate of drug-likeness (QED) is 0.544. The van der Waals surface area contributed by atoms with Crippen LogP contribution in [0.25, 0.3) is 0 Å². The van der Waals surface area contributed by atoms with Crippen molar-refractivity contribution in [1.82, 2.24) is 0 Å². The van der Waals surface area contributed by atoms with Crippen LogP contribution in [0, 0.1) is 15.9 Å². The Morgan fingerprint density at radius 2 is 1.79 bits per heavy atom. The maximum absolute atomic E-state index is 13.5. The Bertz CT molecular complexity index is 649. The molecule has 2 aromatic rings. The third kappa shape index (κ3) is 3.10. The summed E-state index contributed by atoms with van der Waals surface area (Å²) in [6, 6.07) is 8.86. The van der Waals surface area contributed by atoms with Crippen LogP contribution >= 0.6 is 31.9 Å². The lowest BCUT2D eigenvalue weighted by Gasteiger charge is -2.08. The van der Waals surface area contributed by atoms with Crippen LogP contribution in [0.3, 0.4) is 0 Å². The second-order valence-corrected chi connectivity index (χ2v) is 5.23. The van der Waals surface area contributed by atoms with Gasteiger partial charge in [0.2, 0.25) is 5.75 Å². The van der Waals surface area contributed by atoms with Crippen LogP contribution in [-0.4, -0.2) is 4.92 Å². The summed E-state index contributed by atoms with van der Waals surface area (Å²) in [6.07, 6.45) is 0. The van der Waals surface area contributed by atoms with E-state index in [1.807, 2.05) is 0 Å². The fraction of sp³-hybridized carbons (Fsp3) is 0. The van der Waals surface area contributed by atoms with Crippen molar-refractivity contribution < 1.29 is 14.1 Å². The summed E-state index contributed by atoms with van der Waals surface area (Å²) < 4.78 is 19.5. The number of nitro benzene ring substituents is 1. The standard InChI is InChI=1S/C12H6Br2FNO3/c13-7-3-1-2-4-11(7)19-12-6-9(15)8(14)5-10(12)16(17)18/h1-6H. The number of nitrogens with zero attached hydrogens (tertiary/aromatic N) is 1. The maximum atomic E-state index is 13.5. The van der Waals surface area contributed by atoms with Crippen molar-refractivity contribution >= 4 is 37.5 Å². The average Bonchev–Trinajstić information content (AvgIpc) is 2.36. The first-order valence-corrected chi connectivity index (χ1v) is 6.63. The molecule has 0 atom stereocenters. The van der Waals surface area contributed by atoms with Gasteiger partial charge in [-0.25, -0.2) is 4.39 Å². The van der Waals surface area contributed by atoms with Gasteiger partial charge in [-0.05, 0) is 44.0 Å². The lowest BCUT2D eigenvalue weighted by atomic mass is 10.3. The molecule has 2 rings (SSSR count). The number of hydrogen-bond acceptors (Lipinski definition) is 3. The highest BCUT2D eigenvalue weighted by Crippen LogP contribution is 2.37. The first-order valence-electron chi connectivity index (χ1n) is 5.05. The van der Waals surface area contributed by atoms with Crippen LogP contribution in [0.15, 0.2) is 45.3 Å². The summed E-state index contributed by atoms with van der Waals surface area (Å²) in [5, 5.41) is 10.9. The maximum Gasteiger partial charge on any atom is 0.312 e. The van der Waals surface area contributed by atoms with E-state index in [9.17, 15) is 14.5 Å². The average molecular weight is 391 g/mol. The van der Waals surface area contributed by atoms with Gasteiger partial charge >= 0.3 is 5.69 Å². The highest BCUT2D eigenvalue weighted by molar-refractivity contribution is 9.10. The molecule has 0 unspecified atom stereocenters. The van der Waals surface area contributed by atoms with Crippen molar-refractivity contribution in [3.05, 3.63) is 61.3 Å². The van der Waals surface area contributed by atoms with Crippen molar-refractivity contribution in [2.75, 3.05) is 0 Å². The number of hydrogen-bond donors (Lipinski definition) is 0. The van der Waals surface area contributed by atoms with E-state index in [1.165, 1.54) is 0 Å². The van der Waals surface area contributed by atoms with E-state index >= 15 is 0 Å². The predicted octanol–water partition coefficient (Wildman–Crippen LogP) is 5.05. The van der Waals surface area contributed by atoms with E-state index in [0.717, 1.165) is 12.1 Å². The van der Waals surface area contributed by atoms with E-state index < -0.39 is 10.7 Å². The Morgan fingerprint density at radius 3 is 2.42 bits per heavy atom. The molecule has 4 nitrogen and oxygen atoms in total. The van der Waals surface area contributed by atoms with Crippen LogP contribution < -0.4 is 4.74 Å². The second-order valence-electron chi connectivity index (χ2n) is 3.52. The first kappa shape index (κ1) is 14.0. The molecule has 0 radical (unpaired) electrons. The Kier molecular flexibility index (Phi) is 4.16. The molecule has 2 aromatic carbocycles. The summed E-state index contributed by atoms with van der Waals surface area (Å²) in [5.41, 5.74) is -0.316. The van der Waals surface area contributed by atoms with Gasteiger partial charge in [0.1, 0.15) is 11.6 Å². The molecule has 0 fully saturated rings. The molecule has 0 bridgehead atoms. The zero-order chi connectivity index (χ0) is 14.0. The van der Waals surface area contributed by atoms with Crippen LogP contribution in [0.4, 0.5) is 10.1 Å². The third-order valence-corrected chi connectivity index (χ3v) is 3.52. The van der Waals surface area contributed by atoms with Crippen LogP contribution in [-0.2, 0) is 0 Å². The lowest BCUT2D eigenvalue weighted by molar-refractivity contribution is -0.385. The zero-order valence-corrected chi connectivity index (χ0v) is 12.4. The SMILES string of the molecule is O=[N+]([O-])c1cc(Br)c(F)cc1Oc1ccccc1Br. The van der Waals surface area contributed by atoms with E-state index in [-0.39, 0.29) is 15.9 Å². The summed E-state index contributed by atoms with van der Waals surface area (Å²) >= 11 is 6.15. The van der Waals surface area contributed by atoms with E-state index in [0.29, 0.717) is 10.2 Å². The molecule has 0 saturated carbocycles. The molecule has 0 spiro atoms. The Balaban J connectivity index is 2.48. The summed E-state index contributed by atoms with van der Waals surface area (Å²) in [7, 11) is 0. The Labute approximate surface area is 124 Å². The summed E-state index contributed by atoms with van der Waals surface area (Å²) in [6.45, 7) is 0. The third-order valence-electron chi connectivity index (χ3n) is 2.26. The summed E-state index contributed by atoms with van der Waals surface area (Å²) in [5.74, 6) is -0.419. The molecule has 0 saturated heterocycles. The largest absolute Gasteiger partial charge is 0.449 e. The van der Waals surface area contributed by atoms with Gasteiger partial charge in [0.15, 0.2) is 0 Å². The second kappa shape index (κ2) is 5.66. The van der Waals surface area contributed by atoms with Crippen LogP contribution in [0.1, 0.15) is 0 Å². The molecule has 0 aromatic heterocycles. The van der Waals surface area contributed by atoms with Gasteiger partial charge in [-0.3, -0.25) is 10.1 Å². The van der Waals surface area contributed by atoms with Gasteiger partial charge in [0.25, 0.3) is 0 Å². The molecule has 0 N–H and O–H groups in total. The van der Waals surface area contributed by atoms with E-state index in [2.05, 4.69) is 31.9 Å². The molecule has 0 amide bonds. The Hall–Kier alpha value is -1.47. The van der Waals surface area contributed by atoms with Gasteiger partial charge in [-0.2, -0.15) is 0 Å². The van der Waals surface area contributed by atoms with Gasteiger partial charge in [0, 0.05) is 12.1 Å². The molecular weight excluding hydrogens is 385 g/mol. The number of rotatable bonds is 3. The topological polar surface area (TPSA) is 52.4 Å². The summed E-state index contributed by atoms with van der Waals surface area (Å²) in [4.78, 5) is 10.3. The number of para-hydroxylation sites is 1. The minimum absolute atomic E-state index is 0.0127. The number of halogens is 3. The van der Waals surface area contributed by atoms with Gasteiger partial charge in [-0.1, -0.05) is 12.1 Å². The van der Waals surface area contributed by atoms with E-state index in [4.69, 9.17) is 4.74 Å². The van der Waals surface area contributed by atoms with Gasteiger partial charge in [0.05, 0.1) is 13.9 Å². The van der Waals surface area contributed by atoms with Crippen molar-refractivity contribution in [3.63, 3.8) is 0 Å². The predicted molar refractivity (Wildman–Crippen MR) is 75.0 cm³/mol. The minimum atomic E-state index is -0.632. The van der Waals surface area contributed by atoms with Gasteiger partial charge < -0.3 is 4.74 Å². The molecular formula is C12H6Br2FNO3. The molecule has 0 aliphatic rings. The molecule has 7 heteroatoms. The number of ether oxygens (including phenoxy) is 1. The van der Waals surface area contributed by atoms with Crippen molar-refractivity contribution in [2.45, 2.75) is 0 Å². The monoisotopic (exact) mass is 389 g/mol. The van der Waals surface area contributed by atoms with Crippen molar-refractivity contribution in [1.29, 1.82) is 0 Å². The fourth-order valence-corrected chi connectivity index (χ4v) is 2.09. The fourth-order valence-electron chi connectivity index (χ4n) is 1.39. The molecule has 0 aliphatic heterocycles. The van der Waals surface area contributed by atoms with Crippen LogP contribution in [0.5, 0.6) is 11.5 Å². The Morgan fingerprint density at radius 1 is 1.11 bits per heavy atom. The molecule has 0 heterocycles. The highest BCUT2D eigenvalue weighted by Gasteiger charge is 2.20. The zero-order valence-electron chi connectivity index (χ0n) is 9.27. The smallest absolute Gasteiger partial charge is 0.312 e. The minimum Gasteiger partial charge on any atom is -0.449 e. The van der Waals surface area contributed by atoms with Crippen molar-refractivity contribution in [2.24, 2.45) is 0 Å². The molecule has 19 heavy (non-hydrogen) atoms. The van der Waals surface area contributed by atoms with Crippen LogP contribution in [0.2, 0.25) is 0 Å². The number of nitro groups is 1. The molecule has 0 aliphatic carbocycles. The first-order chi connectivity index (χ1) is 8.99. The normalized spacial score (nSPS) is 10.3. The highest BCUT2D eigenvalue weighted by atomic mass is 79.9. The van der Waals surface area contributed by atoms with E-state index in [1.54, 1.807) is 24.3 Å². The van der Waals surface area contributed by atoms with Crippen molar-refractivity contribution in [3.8, 4) is 11.5 Å².